The Labute approximate surface area is 157 Å². The van der Waals surface area contributed by atoms with Crippen LogP contribution in [0.4, 0.5) is 13.2 Å². The highest BCUT2D eigenvalue weighted by molar-refractivity contribution is 5.79. The number of fused-ring (bicyclic) bond motifs is 3. The van der Waals surface area contributed by atoms with E-state index in [9.17, 15) is 18.0 Å². The molecule has 1 amide bonds. The molecule has 27 heavy (non-hydrogen) atoms. The van der Waals surface area contributed by atoms with Gasteiger partial charge >= 0.3 is 12.1 Å². The van der Waals surface area contributed by atoms with Gasteiger partial charge in [0, 0.05) is 12.6 Å². The third-order valence-electron chi connectivity index (χ3n) is 5.51. The highest BCUT2D eigenvalue weighted by Gasteiger charge is 2.39. The molecule has 0 spiro atoms. The van der Waals surface area contributed by atoms with Crippen LogP contribution in [0.2, 0.25) is 0 Å². The van der Waals surface area contributed by atoms with Crippen LogP contribution in [-0.4, -0.2) is 55.0 Å². The van der Waals surface area contributed by atoms with E-state index in [1.54, 1.807) is 0 Å². The van der Waals surface area contributed by atoms with Crippen molar-refractivity contribution in [2.75, 3.05) is 19.7 Å². The number of alkyl halides is 3. The van der Waals surface area contributed by atoms with E-state index in [-0.39, 0.29) is 11.8 Å². The minimum absolute atomic E-state index is 0.192. The van der Waals surface area contributed by atoms with Gasteiger partial charge in [-0.3, -0.25) is 4.79 Å². The molecule has 4 fully saturated rings. The van der Waals surface area contributed by atoms with Crippen molar-refractivity contribution in [1.29, 1.82) is 0 Å². The number of hydrogen-bond acceptors (Lipinski definition) is 4. The topological polar surface area (TPSA) is 87.7 Å². The van der Waals surface area contributed by atoms with E-state index in [2.05, 4.69) is 10.6 Å². The Hall–Kier alpha value is -1.35. The van der Waals surface area contributed by atoms with Crippen molar-refractivity contribution in [1.82, 2.24) is 10.6 Å². The maximum Gasteiger partial charge on any atom is 0.490 e. The molecular formula is C18H29F3N2O4. The maximum absolute atomic E-state index is 12.2. The van der Waals surface area contributed by atoms with Crippen molar-refractivity contribution in [3.8, 4) is 0 Å². The fourth-order valence-corrected chi connectivity index (χ4v) is 4.06. The van der Waals surface area contributed by atoms with E-state index in [0.29, 0.717) is 31.2 Å². The first kappa shape index (κ1) is 21.9. The molecule has 0 aromatic carbocycles. The summed E-state index contributed by atoms with van der Waals surface area (Å²) in [4.78, 5) is 21.1. The van der Waals surface area contributed by atoms with E-state index in [0.717, 1.165) is 13.0 Å². The van der Waals surface area contributed by atoms with Gasteiger partial charge in [0.15, 0.2) is 0 Å². The van der Waals surface area contributed by atoms with Gasteiger partial charge in [-0.15, -0.1) is 0 Å². The monoisotopic (exact) mass is 394 g/mol. The molecule has 9 heteroatoms. The van der Waals surface area contributed by atoms with Crippen LogP contribution >= 0.6 is 0 Å². The minimum atomic E-state index is -5.08. The van der Waals surface area contributed by atoms with Crippen LogP contribution < -0.4 is 10.6 Å². The molecule has 2 saturated heterocycles. The first-order valence-electron chi connectivity index (χ1n) is 9.70. The lowest BCUT2D eigenvalue weighted by Gasteiger charge is -2.42. The molecule has 3 atom stereocenters. The Balaban J connectivity index is 0.000000321. The predicted octanol–water partition coefficient (Wildman–Crippen LogP) is 2.47. The van der Waals surface area contributed by atoms with Crippen molar-refractivity contribution in [2.24, 2.45) is 11.8 Å². The summed E-state index contributed by atoms with van der Waals surface area (Å²) in [5.74, 6) is -1.61. The SMILES string of the molecule is O=C(NCCOC1CCCCC1)C1CC2CCC1NC2.O=C(O)C(F)(F)F. The molecule has 2 saturated carbocycles. The Morgan fingerprint density at radius 2 is 1.78 bits per heavy atom. The van der Waals surface area contributed by atoms with Crippen LogP contribution in [-0.2, 0) is 14.3 Å². The van der Waals surface area contributed by atoms with Crippen molar-refractivity contribution in [2.45, 2.75) is 69.7 Å². The second kappa shape index (κ2) is 10.3. The summed E-state index contributed by atoms with van der Waals surface area (Å²) >= 11 is 0. The number of halogens is 3. The van der Waals surface area contributed by atoms with Crippen LogP contribution in [0.5, 0.6) is 0 Å². The van der Waals surface area contributed by atoms with Crippen molar-refractivity contribution < 1.29 is 32.6 Å². The molecule has 3 unspecified atom stereocenters. The van der Waals surface area contributed by atoms with Crippen LogP contribution in [0, 0.1) is 11.8 Å². The largest absolute Gasteiger partial charge is 0.490 e. The average Bonchev–Trinajstić information content (AvgIpc) is 2.66. The molecule has 4 aliphatic rings. The normalized spacial score (nSPS) is 28.2. The molecule has 0 radical (unpaired) electrons. The van der Waals surface area contributed by atoms with Gasteiger partial charge in [0.25, 0.3) is 0 Å². The highest BCUT2D eigenvalue weighted by Crippen LogP contribution is 2.33. The zero-order valence-electron chi connectivity index (χ0n) is 15.4. The van der Waals surface area contributed by atoms with Crippen LogP contribution in [0.1, 0.15) is 51.4 Å². The van der Waals surface area contributed by atoms with Crippen molar-refractivity contribution in [3.63, 3.8) is 0 Å². The maximum atomic E-state index is 12.2. The summed E-state index contributed by atoms with van der Waals surface area (Å²) in [5.41, 5.74) is 0. The van der Waals surface area contributed by atoms with Gasteiger partial charge in [0.05, 0.1) is 18.6 Å². The Kier molecular flexibility index (Phi) is 8.34. The highest BCUT2D eigenvalue weighted by atomic mass is 19.4. The third kappa shape index (κ3) is 7.29. The van der Waals surface area contributed by atoms with Crippen LogP contribution in [0.15, 0.2) is 0 Å². The summed E-state index contributed by atoms with van der Waals surface area (Å²) < 4.78 is 37.6. The lowest BCUT2D eigenvalue weighted by atomic mass is 9.74. The van der Waals surface area contributed by atoms with Gasteiger partial charge in [-0.1, -0.05) is 19.3 Å². The molecule has 3 N–H and O–H groups in total. The Bertz CT molecular complexity index is 487. The summed E-state index contributed by atoms with van der Waals surface area (Å²) in [6, 6.07) is 0.416. The molecule has 2 bridgehead atoms. The number of carboxylic acid groups (broad SMARTS) is 1. The van der Waals surface area contributed by atoms with Crippen molar-refractivity contribution in [3.05, 3.63) is 0 Å². The van der Waals surface area contributed by atoms with Gasteiger partial charge in [0.1, 0.15) is 0 Å². The molecular weight excluding hydrogens is 365 g/mol. The van der Waals surface area contributed by atoms with Gasteiger partial charge in [0.2, 0.25) is 5.91 Å². The van der Waals surface area contributed by atoms with E-state index in [1.807, 2.05) is 0 Å². The molecule has 6 nitrogen and oxygen atoms in total. The number of amides is 1. The number of piperidine rings is 2. The Morgan fingerprint density at radius 1 is 1.11 bits per heavy atom. The zero-order valence-corrected chi connectivity index (χ0v) is 15.4. The zero-order chi connectivity index (χ0) is 19.9. The summed E-state index contributed by atoms with van der Waals surface area (Å²) in [6.07, 6.45) is 5.25. The van der Waals surface area contributed by atoms with E-state index in [1.165, 1.54) is 44.9 Å². The fraction of sp³-hybridized carbons (Fsp3) is 0.889. The quantitative estimate of drug-likeness (QED) is 0.624. The number of carboxylic acids is 1. The molecule has 0 aromatic heterocycles. The average molecular weight is 394 g/mol. The predicted molar refractivity (Wildman–Crippen MR) is 92.1 cm³/mol. The number of rotatable bonds is 5. The molecule has 2 aliphatic heterocycles. The van der Waals surface area contributed by atoms with Crippen LogP contribution in [0.3, 0.4) is 0 Å². The van der Waals surface area contributed by atoms with Crippen LogP contribution in [0.25, 0.3) is 0 Å². The number of aliphatic carboxylic acids is 1. The summed E-state index contributed by atoms with van der Waals surface area (Å²) in [7, 11) is 0. The number of hydrogen-bond donors (Lipinski definition) is 3. The van der Waals surface area contributed by atoms with E-state index in [4.69, 9.17) is 14.6 Å². The standard InChI is InChI=1S/C16H28N2O2.C2HF3O2/c19-16(14-10-12-6-7-15(14)18-11-12)17-8-9-20-13-4-2-1-3-5-13;3-2(4,5)1(6)7/h12-15,18H,1-11H2,(H,17,19);(H,6,7). The van der Waals surface area contributed by atoms with Gasteiger partial charge in [-0.25, -0.2) is 4.79 Å². The molecule has 2 aliphatic carbocycles. The molecule has 2 heterocycles. The Morgan fingerprint density at radius 3 is 2.26 bits per heavy atom. The van der Waals surface area contributed by atoms with Gasteiger partial charge in [-0.05, 0) is 44.6 Å². The second-order valence-corrected chi connectivity index (χ2v) is 7.53. The summed E-state index contributed by atoms with van der Waals surface area (Å²) in [5, 5.41) is 13.7. The second-order valence-electron chi connectivity index (χ2n) is 7.53. The lowest BCUT2D eigenvalue weighted by Crippen LogP contribution is -2.55. The molecule has 0 aromatic rings. The van der Waals surface area contributed by atoms with E-state index < -0.39 is 12.1 Å². The number of nitrogens with one attached hydrogen (secondary N) is 2. The number of carbonyl (C=O) groups excluding carboxylic acids is 1. The number of carbonyl (C=O) groups is 2. The number of ether oxygens (including phenoxy) is 1. The third-order valence-corrected chi connectivity index (χ3v) is 5.51. The summed E-state index contributed by atoms with van der Waals surface area (Å²) in [6.45, 7) is 2.45. The molecule has 4 rings (SSSR count). The first-order valence-corrected chi connectivity index (χ1v) is 9.70. The lowest BCUT2D eigenvalue weighted by molar-refractivity contribution is -0.192. The van der Waals surface area contributed by atoms with Gasteiger partial charge < -0.3 is 20.5 Å². The fourth-order valence-electron chi connectivity index (χ4n) is 4.06. The van der Waals surface area contributed by atoms with Gasteiger partial charge in [-0.2, -0.15) is 13.2 Å². The van der Waals surface area contributed by atoms with E-state index >= 15 is 0 Å². The molecule has 156 valence electrons. The van der Waals surface area contributed by atoms with Crippen molar-refractivity contribution >= 4 is 11.9 Å². The first-order chi connectivity index (χ1) is 12.8. The minimum Gasteiger partial charge on any atom is -0.475 e. The smallest absolute Gasteiger partial charge is 0.475 e.